The fourth-order valence-electron chi connectivity index (χ4n) is 1.90. The second-order valence-corrected chi connectivity index (χ2v) is 7.24. The van der Waals surface area contributed by atoms with Crippen LogP contribution in [-0.4, -0.2) is 37.8 Å². The number of hydrogen-bond donors (Lipinski definition) is 0. The predicted molar refractivity (Wildman–Crippen MR) is 86.0 cm³/mol. The molecule has 0 amide bonds. The first-order valence-corrected chi connectivity index (χ1v) is 9.91. The Balaban J connectivity index is 5.91. The van der Waals surface area contributed by atoms with Crippen molar-refractivity contribution in [2.45, 2.75) is 26.4 Å². The molecule has 2 unspecified atom stereocenters. The minimum atomic E-state index is -4.87. The van der Waals surface area contributed by atoms with Crippen LogP contribution in [0.25, 0.3) is 0 Å². The van der Waals surface area contributed by atoms with Crippen LogP contribution in [0.5, 0.6) is 0 Å². The van der Waals surface area contributed by atoms with Gasteiger partial charge in [0.15, 0.2) is 0 Å². The van der Waals surface area contributed by atoms with Crippen molar-refractivity contribution in [2.24, 2.45) is 5.41 Å². The summed E-state index contributed by atoms with van der Waals surface area (Å²) in [6.45, 7) is 10.8. The molecule has 2 nitrogen and oxygen atoms in total. The van der Waals surface area contributed by atoms with Crippen LogP contribution in [0.15, 0.2) is 24.0 Å². The smallest absolute Gasteiger partial charge is 0.454 e. The van der Waals surface area contributed by atoms with E-state index in [1.807, 2.05) is 6.66 Å². The molecule has 0 aliphatic carbocycles. The van der Waals surface area contributed by atoms with Crippen LogP contribution < -0.4 is 0 Å². The van der Waals surface area contributed by atoms with Crippen molar-refractivity contribution < 1.29 is 22.7 Å². The zero-order valence-corrected chi connectivity index (χ0v) is 14.9. The van der Waals surface area contributed by atoms with Gasteiger partial charge in [-0.1, -0.05) is 28.5 Å². The SMILES string of the molecule is C=CCC(C)(C)/C(OCPC)=C(/CPC)C(=O)C(F)(F)F. The van der Waals surface area contributed by atoms with E-state index in [1.54, 1.807) is 26.6 Å². The van der Waals surface area contributed by atoms with Crippen LogP contribution in [0, 0.1) is 5.41 Å². The first kappa shape index (κ1) is 20.6. The summed E-state index contributed by atoms with van der Waals surface area (Å²) in [5.41, 5.74) is -0.925. The zero-order chi connectivity index (χ0) is 16.7. The predicted octanol–water partition coefficient (Wildman–Crippen LogP) is 4.56. The van der Waals surface area contributed by atoms with Gasteiger partial charge in [-0.3, -0.25) is 4.79 Å². The number of carbonyl (C=O) groups is 1. The molecule has 0 aromatic heterocycles. The third kappa shape index (κ3) is 6.48. The van der Waals surface area contributed by atoms with Crippen LogP contribution in [0.4, 0.5) is 13.2 Å². The molecule has 0 saturated carbocycles. The molecular weight excluding hydrogens is 319 g/mol. The molecule has 0 heterocycles. The summed E-state index contributed by atoms with van der Waals surface area (Å²) in [5, 5.41) is 0. The Hall–Kier alpha value is -0.400. The Bertz CT molecular complexity index is 402. The number of ketones is 1. The first-order valence-electron chi connectivity index (χ1n) is 6.49. The lowest BCUT2D eigenvalue weighted by molar-refractivity contribution is -0.166. The molecule has 21 heavy (non-hydrogen) atoms. The molecule has 0 aliphatic rings. The van der Waals surface area contributed by atoms with Crippen LogP contribution >= 0.6 is 17.2 Å². The van der Waals surface area contributed by atoms with Crippen LogP contribution in [0.3, 0.4) is 0 Å². The summed E-state index contributed by atoms with van der Waals surface area (Å²) >= 11 is 0. The number of ether oxygens (including phenoxy) is 1. The van der Waals surface area contributed by atoms with Gasteiger partial charge < -0.3 is 4.74 Å². The molecule has 0 saturated heterocycles. The second-order valence-electron chi connectivity index (χ2n) is 5.18. The number of alkyl halides is 3. The van der Waals surface area contributed by atoms with Crippen molar-refractivity contribution in [2.75, 3.05) is 25.8 Å². The lowest BCUT2D eigenvalue weighted by atomic mass is 9.84. The van der Waals surface area contributed by atoms with Gasteiger partial charge in [-0.15, -0.1) is 15.2 Å². The standard InChI is InChI=1S/C14H23F3O2P2/c1-6-7-13(2,3)12(19-9-21-5)10(8-20-4)11(18)14(15,16)17/h6,20-21H,1,7-9H2,2-5H3/b12-10+. The van der Waals surface area contributed by atoms with Gasteiger partial charge >= 0.3 is 6.18 Å². The highest BCUT2D eigenvalue weighted by atomic mass is 31.1. The van der Waals surface area contributed by atoms with E-state index < -0.39 is 17.4 Å². The van der Waals surface area contributed by atoms with E-state index in [1.165, 1.54) is 0 Å². The van der Waals surface area contributed by atoms with Gasteiger partial charge in [0.25, 0.3) is 5.78 Å². The fourth-order valence-corrected chi connectivity index (χ4v) is 2.86. The largest absolute Gasteiger partial charge is 0.493 e. The highest BCUT2D eigenvalue weighted by Crippen LogP contribution is 2.38. The average Bonchev–Trinajstić information content (AvgIpc) is 2.35. The van der Waals surface area contributed by atoms with Gasteiger partial charge in [0, 0.05) is 11.0 Å². The van der Waals surface area contributed by atoms with E-state index in [0.717, 1.165) is 0 Å². The van der Waals surface area contributed by atoms with Crippen molar-refractivity contribution in [3.05, 3.63) is 24.0 Å². The maximum absolute atomic E-state index is 12.8. The Morgan fingerprint density at radius 1 is 1.24 bits per heavy atom. The zero-order valence-electron chi connectivity index (χ0n) is 12.9. The van der Waals surface area contributed by atoms with Crippen LogP contribution in [0.1, 0.15) is 20.3 Å². The molecule has 0 aromatic rings. The molecule has 0 bridgehead atoms. The Morgan fingerprint density at radius 2 is 1.81 bits per heavy atom. The number of carbonyl (C=O) groups excluding carboxylic acids is 1. The van der Waals surface area contributed by atoms with E-state index >= 15 is 0 Å². The molecule has 0 aliphatic heterocycles. The lowest BCUT2D eigenvalue weighted by Gasteiger charge is -2.29. The van der Waals surface area contributed by atoms with Crippen molar-refractivity contribution in [3.63, 3.8) is 0 Å². The Morgan fingerprint density at radius 3 is 2.19 bits per heavy atom. The highest BCUT2D eigenvalue weighted by Gasteiger charge is 2.43. The second kappa shape index (κ2) is 8.90. The Labute approximate surface area is 128 Å². The van der Waals surface area contributed by atoms with Gasteiger partial charge in [0.2, 0.25) is 0 Å². The normalized spacial score (nSPS) is 14.8. The molecule has 0 radical (unpaired) electrons. The van der Waals surface area contributed by atoms with Crippen molar-refractivity contribution in [1.82, 2.24) is 0 Å². The average molecular weight is 342 g/mol. The minimum Gasteiger partial charge on any atom is -0.493 e. The third-order valence-corrected chi connectivity index (χ3v) is 3.93. The van der Waals surface area contributed by atoms with Gasteiger partial charge in [-0.2, -0.15) is 13.2 Å². The molecule has 0 aromatic carbocycles. The molecule has 122 valence electrons. The van der Waals surface area contributed by atoms with Gasteiger partial charge in [-0.05, 0) is 25.9 Å². The van der Waals surface area contributed by atoms with Crippen molar-refractivity contribution >= 4 is 22.9 Å². The van der Waals surface area contributed by atoms with Crippen LogP contribution in [0.2, 0.25) is 0 Å². The number of Topliss-reactive ketones (excluding diaryl/α,β-unsaturated/α-hetero) is 1. The fraction of sp³-hybridized carbons (Fsp3) is 0.643. The van der Waals surface area contributed by atoms with E-state index in [9.17, 15) is 18.0 Å². The third-order valence-electron chi connectivity index (χ3n) is 2.79. The van der Waals surface area contributed by atoms with Gasteiger partial charge in [0.1, 0.15) is 12.1 Å². The highest BCUT2D eigenvalue weighted by molar-refractivity contribution is 7.37. The first-order chi connectivity index (χ1) is 9.61. The number of hydrogen-bond acceptors (Lipinski definition) is 2. The van der Waals surface area contributed by atoms with E-state index in [-0.39, 0.29) is 26.1 Å². The topological polar surface area (TPSA) is 26.3 Å². The van der Waals surface area contributed by atoms with Gasteiger partial charge in [-0.25, -0.2) is 0 Å². The maximum atomic E-state index is 12.8. The van der Waals surface area contributed by atoms with Crippen molar-refractivity contribution in [1.29, 1.82) is 0 Å². The lowest BCUT2D eigenvalue weighted by Crippen LogP contribution is -2.30. The summed E-state index contributed by atoms with van der Waals surface area (Å²) < 4.78 is 44.0. The summed E-state index contributed by atoms with van der Waals surface area (Å²) in [6, 6.07) is 0. The molecule has 7 heteroatoms. The number of rotatable bonds is 9. The number of allylic oxidation sites excluding steroid dienone is 3. The molecular formula is C14H23F3O2P2. The van der Waals surface area contributed by atoms with Gasteiger partial charge in [0.05, 0.1) is 0 Å². The molecule has 0 rings (SSSR count). The molecule has 0 fully saturated rings. The summed E-state index contributed by atoms with van der Waals surface area (Å²) in [7, 11) is 0.641. The van der Waals surface area contributed by atoms with Crippen LogP contribution in [-0.2, 0) is 9.53 Å². The summed E-state index contributed by atoms with van der Waals surface area (Å²) in [5.74, 6) is -1.63. The summed E-state index contributed by atoms with van der Waals surface area (Å²) in [4.78, 5) is 11.7. The Kier molecular flexibility index (Phi) is 8.73. The number of halogens is 3. The molecule has 0 N–H and O–H groups in total. The maximum Gasteiger partial charge on any atom is 0.454 e. The quantitative estimate of drug-likeness (QED) is 0.266. The van der Waals surface area contributed by atoms with E-state index in [0.29, 0.717) is 21.3 Å². The van der Waals surface area contributed by atoms with Crippen molar-refractivity contribution in [3.8, 4) is 0 Å². The van der Waals surface area contributed by atoms with E-state index in [2.05, 4.69) is 6.58 Å². The van der Waals surface area contributed by atoms with E-state index in [4.69, 9.17) is 4.74 Å². The monoisotopic (exact) mass is 342 g/mol. The molecule has 0 spiro atoms. The molecule has 2 atom stereocenters. The summed E-state index contributed by atoms with van der Waals surface area (Å²) in [6.07, 6.45) is -2.40. The minimum absolute atomic E-state index is 0.0844.